The van der Waals surface area contributed by atoms with Crippen molar-refractivity contribution >= 4 is 23.2 Å². The second kappa shape index (κ2) is 5.44. The lowest BCUT2D eigenvalue weighted by molar-refractivity contribution is -0.137. The topological polar surface area (TPSA) is 12.9 Å². The van der Waals surface area contributed by atoms with Gasteiger partial charge in [-0.15, -0.1) is 11.6 Å². The number of alkyl halides is 4. The maximum Gasteiger partial charge on any atom is 0.417 e. The zero-order chi connectivity index (χ0) is 13.2. The molecule has 1 rings (SSSR count). The van der Waals surface area contributed by atoms with Crippen molar-refractivity contribution in [2.24, 2.45) is 0 Å². The summed E-state index contributed by atoms with van der Waals surface area (Å²) >= 11 is 11.8. The lowest BCUT2D eigenvalue weighted by atomic mass is 9.98. The van der Waals surface area contributed by atoms with E-state index in [1.165, 1.54) is 0 Å². The van der Waals surface area contributed by atoms with Crippen molar-refractivity contribution in [1.29, 1.82) is 0 Å². The minimum atomic E-state index is -4.43. The summed E-state index contributed by atoms with van der Waals surface area (Å²) in [5, 5.41) is -0.221. The third-order valence-corrected chi connectivity index (χ3v) is 3.15. The maximum atomic E-state index is 12.4. The first kappa shape index (κ1) is 14.6. The molecule has 0 aliphatic rings. The molecule has 0 amide bonds. The van der Waals surface area contributed by atoms with E-state index in [2.05, 4.69) is 4.98 Å². The fraction of sp³-hybridized carbons (Fsp3) is 0.545. The average molecular weight is 286 g/mol. The van der Waals surface area contributed by atoms with Gasteiger partial charge in [0.1, 0.15) is 0 Å². The second-order valence-electron chi connectivity index (χ2n) is 3.78. The van der Waals surface area contributed by atoms with Crippen LogP contribution in [-0.4, -0.2) is 10.4 Å². The summed E-state index contributed by atoms with van der Waals surface area (Å²) in [7, 11) is 0. The first-order valence-corrected chi connectivity index (χ1v) is 5.95. The van der Waals surface area contributed by atoms with Crippen LogP contribution in [0.3, 0.4) is 0 Å². The number of aromatic nitrogens is 1. The number of halogens is 5. The molecule has 2 atom stereocenters. The molecule has 0 radical (unpaired) electrons. The molecule has 0 aromatic carbocycles. The van der Waals surface area contributed by atoms with Crippen molar-refractivity contribution in [1.82, 2.24) is 4.98 Å². The van der Waals surface area contributed by atoms with E-state index in [1.54, 1.807) is 6.92 Å². The minimum Gasteiger partial charge on any atom is -0.259 e. The summed E-state index contributed by atoms with van der Waals surface area (Å²) in [5.41, 5.74) is -0.423. The molecule has 0 aliphatic carbocycles. The lowest BCUT2D eigenvalue weighted by Crippen LogP contribution is -2.13. The van der Waals surface area contributed by atoms with Gasteiger partial charge in [0.15, 0.2) is 0 Å². The molecule has 0 saturated carbocycles. The maximum absolute atomic E-state index is 12.4. The van der Waals surface area contributed by atoms with Gasteiger partial charge in [-0.25, -0.2) is 0 Å². The van der Waals surface area contributed by atoms with E-state index in [0.717, 1.165) is 12.3 Å². The molecule has 2 unspecified atom stereocenters. The van der Waals surface area contributed by atoms with Crippen molar-refractivity contribution in [2.45, 2.75) is 37.7 Å². The first-order chi connectivity index (χ1) is 7.77. The zero-order valence-corrected chi connectivity index (χ0v) is 10.9. The summed E-state index contributed by atoms with van der Waals surface area (Å²) in [6.07, 6.45) is -2.96. The van der Waals surface area contributed by atoms with Crippen LogP contribution in [0.1, 0.15) is 37.4 Å². The van der Waals surface area contributed by atoms with Crippen LogP contribution >= 0.6 is 23.2 Å². The minimum absolute atomic E-state index is 0.0131. The number of hydrogen-bond donors (Lipinski definition) is 0. The van der Waals surface area contributed by atoms with Crippen LogP contribution in [0, 0.1) is 0 Å². The highest BCUT2D eigenvalue weighted by Crippen LogP contribution is 2.35. The van der Waals surface area contributed by atoms with Crippen molar-refractivity contribution in [3.8, 4) is 0 Å². The van der Waals surface area contributed by atoms with Crippen LogP contribution in [0.15, 0.2) is 12.3 Å². The van der Waals surface area contributed by atoms with E-state index < -0.39 is 11.7 Å². The predicted molar refractivity (Wildman–Crippen MR) is 62.6 cm³/mol. The monoisotopic (exact) mass is 285 g/mol. The summed E-state index contributed by atoms with van der Waals surface area (Å²) in [4.78, 5) is 3.80. The van der Waals surface area contributed by atoms with Crippen molar-refractivity contribution in [3.05, 3.63) is 28.5 Å². The SMILES string of the molecule is CCC(c1ncc(C(F)(F)F)cc1Cl)C(C)Cl. The molecule has 0 spiro atoms. The highest BCUT2D eigenvalue weighted by molar-refractivity contribution is 6.31. The molecule has 1 heterocycles. The van der Waals surface area contributed by atoms with Crippen molar-refractivity contribution < 1.29 is 13.2 Å². The average Bonchev–Trinajstić information content (AvgIpc) is 2.19. The van der Waals surface area contributed by atoms with Gasteiger partial charge in [0.2, 0.25) is 0 Å². The molecule has 1 aromatic heterocycles. The molecule has 1 aromatic rings. The van der Waals surface area contributed by atoms with E-state index in [4.69, 9.17) is 23.2 Å². The third-order valence-electron chi connectivity index (χ3n) is 2.54. The molecular formula is C11H12Cl2F3N. The Balaban J connectivity index is 3.13. The Morgan fingerprint density at radius 1 is 1.41 bits per heavy atom. The van der Waals surface area contributed by atoms with E-state index >= 15 is 0 Å². The molecule has 6 heteroatoms. The van der Waals surface area contributed by atoms with Crippen LogP contribution < -0.4 is 0 Å². The molecule has 0 bridgehead atoms. The number of rotatable bonds is 3. The number of hydrogen-bond acceptors (Lipinski definition) is 1. The Morgan fingerprint density at radius 2 is 2.00 bits per heavy atom. The third kappa shape index (κ3) is 3.49. The van der Waals surface area contributed by atoms with Gasteiger partial charge in [0.25, 0.3) is 0 Å². The summed E-state index contributed by atoms with van der Waals surface area (Å²) in [6, 6.07) is 0.895. The van der Waals surface area contributed by atoms with Gasteiger partial charge in [-0.1, -0.05) is 18.5 Å². The van der Waals surface area contributed by atoms with Gasteiger partial charge in [-0.05, 0) is 19.4 Å². The predicted octanol–water partition coefficient (Wildman–Crippen LogP) is 4.87. The van der Waals surface area contributed by atoms with Crippen molar-refractivity contribution in [2.75, 3.05) is 0 Å². The smallest absolute Gasteiger partial charge is 0.259 e. The molecule has 17 heavy (non-hydrogen) atoms. The van der Waals surface area contributed by atoms with E-state index in [0.29, 0.717) is 12.1 Å². The number of pyridine rings is 1. The number of nitrogens with zero attached hydrogens (tertiary/aromatic N) is 1. The fourth-order valence-corrected chi connectivity index (χ4v) is 2.22. The highest BCUT2D eigenvalue weighted by Gasteiger charge is 2.32. The van der Waals surface area contributed by atoms with E-state index in [1.807, 2.05) is 6.92 Å². The zero-order valence-electron chi connectivity index (χ0n) is 9.35. The largest absolute Gasteiger partial charge is 0.417 e. The van der Waals surface area contributed by atoms with E-state index in [9.17, 15) is 13.2 Å². The fourth-order valence-electron chi connectivity index (χ4n) is 1.61. The van der Waals surface area contributed by atoms with E-state index in [-0.39, 0.29) is 16.3 Å². The van der Waals surface area contributed by atoms with Crippen LogP contribution in [0.4, 0.5) is 13.2 Å². The summed E-state index contributed by atoms with van der Waals surface area (Å²) in [5.74, 6) is -0.147. The Labute approximate surface area is 108 Å². The molecule has 96 valence electrons. The Bertz CT molecular complexity index is 391. The molecule has 0 fully saturated rings. The summed E-state index contributed by atoms with van der Waals surface area (Å²) < 4.78 is 37.2. The molecular weight excluding hydrogens is 274 g/mol. The standard InChI is InChI=1S/C11H12Cl2F3N/c1-3-8(6(2)12)10-9(13)4-7(5-17-10)11(14,15)16/h4-6,8H,3H2,1-2H3. The second-order valence-corrected chi connectivity index (χ2v) is 4.88. The van der Waals surface area contributed by atoms with Crippen LogP contribution in [0.25, 0.3) is 0 Å². The normalized spacial score (nSPS) is 15.7. The van der Waals surface area contributed by atoms with Gasteiger partial charge < -0.3 is 0 Å². The molecule has 0 aliphatic heterocycles. The van der Waals surface area contributed by atoms with Gasteiger partial charge in [-0.2, -0.15) is 13.2 Å². The Kier molecular flexibility index (Phi) is 4.67. The first-order valence-electron chi connectivity index (χ1n) is 5.14. The Morgan fingerprint density at radius 3 is 2.35 bits per heavy atom. The van der Waals surface area contributed by atoms with Crippen molar-refractivity contribution in [3.63, 3.8) is 0 Å². The van der Waals surface area contributed by atoms with Gasteiger partial charge in [-0.3, -0.25) is 4.98 Å². The lowest BCUT2D eigenvalue weighted by Gasteiger charge is -2.18. The highest BCUT2D eigenvalue weighted by atomic mass is 35.5. The quantitative estimate of drug-likeness (QED) is 0.722. The Hall–Kier alpha value is -0.480. The van der Waals surface area contributed by atoms with Gasteiger partial charge >= 0.3 is 6.18 Å². The molecule has 0 saturated heterocycles. The van der Waals surface area contributed by atoms with Gasteiger partial charge in [0, 0.05) is 17.5 Å². The van der Waals surface area contributed by atoms with Crippen LogP contribution in [-0.2, 0) is 6.18 Å². The molecule has 1 nitrogen and oxygen atoms in total. The van der Waals surface area contributed by atoms with Crippen LogP contribution in [0.5, 0.6) is 0 Å². The summed E-state index contributed by atoms with van der Waals surface area (Å²) in [6.45, 7) is 3.66. The molecule has 0 N–H and O–H groups in total. The van der Waals surface area contributed by atoms with Gasteiger partial charge in [0.05, 0.1) is 16.3 Å². The van der Waals surface area contributed by atoms with Crippen LogP contribution in [0.2, 0.25) is 5.02 Å².